The van der Waals surface area contributed by atoms with Crippen LogP contribution in [0.15, 0.2) is 94.2 Å². The summed E-state index contributed by atoms with van der Waals surface area (Å²) in [6.07, 6.45) is 7.36. The molecule has 1 aliphatic heterocycles. The third-order valence-corrected chi connectivity index (χ3v) is 14.4. The van der Waals surface area contributed by atoms with Gasteiger partial charge in [0.05, 0.1) is 37.6 Å². The van der Waals surface area contributed by atoms with Crippen molar-refractivity contribution in [1.82, 2.24) is 4.31 Å². The SMILES string of the molecule is CCC[C@@H](C=N[S+]([O-])C(C)(C)C)CCN1C[C@@]2(CCCc3cc(Cl)ccc32)COc2ccc(S(=O)(=O)N(Cc3ccc(OC)cc3)Cc3ccc(OC)cc3)cc21. The molecule has 0 amide bonds. The zero-order valence-corrected chi connectivity index (χ0v) is 36.4. The Morgan fingerprint density at radius 1 is 0.965 bits per heavy atom. The van der Waals surface area contributed by atoms with Crippen molar-refractivity contribution in [3.63, 3.8) is 0 Å². The number of hydrogen-bond donors (Lipinski definition) is 0. The molecule has 3 atom stereocenters. The normalized spacial score (nSPS) is 18.2. The second-order valence-corrected chi connectivity index (χ2v) is 20.5. The lowest BCUT2D eigenvalue weighted by molar-refractivity contribution is 0.206. The number of anilines is 1. The summed E-state index contributed by atoms with van der Waals surface area (Å²) in [7, 11) is -0.819. The number of fused-ring (bicyclic) bond motifs is 3. The first-order valence-electron chi connectivity index (χ1n) is 19.8. The average Bonchev–Trinajstić information content (AvgIpc) is 3.35. The molecule has 0 aromatic heterocycles. The molecule has 0 bridgehead atoms. The smallest absolute Gasteiger partial charge is 0.243 e. The summed E-state index contributed by atoms with van der Waals surface area (Å²) in [5, 5.41) is 0.721. The van der Waals surface area contributed by atoms with Crippen molar-refractivity contribution in [2.75, 3.05) is 38.8 Å². The highest BCUT2D eigenvalue weighted by molar-refractivity contribution is 7.91. The summed E-state index contributed by atoms with van der Waals surface area (Å²) in [6.45, 7) is 9.99. The largest absolute Gasteiger partial charge is 0.591 e. The molecule has 1 spiro atoms. The van der Waals surface area contributed by atoms with Crippen LogP contribution in [0, 0.1) is 5.92 Å². The van der Waals surface area contributed by atoms with Crippen molar-refractivity contribution in [3.05, 3.63) is 112 Å². The standard InChI is InChI=1S/C45H56ClN3O6S2/c1-7-9-33(28-47-56(50)44(2,3)4)23-25-48-31-45(24-8-10-36-26-37(46)15-21-41(36)45)32-55-43-22-20-40(27-42(43)48)57(51,52)49(29-34-11-16-38(53-5)17-12-34)30-35-13-18-39(54-6)19-14-35/h11-22,26-28,33H,7-10,23-25,29-32H2,1-6H3/t33-,45+,56?/m1/s1. The molecule has 12 heteroatoms. The van der Waals surface area contributed by atoms with Gasteiger partial charge in [-0.15, -0.1) is 0 Å². The van der Waals surface area contributed by atoms with Crippen LogP contribution in [0.3, 0.4) is 0 Å². The van der Waals surface area contributed by atoms with Gasteiger partial charge in [-0.3, -0.25) is 0 Å². The van der Waals surface area contributed by atoms with Crippen molar-refractivity contribution < 1.29 is 27.2 Å². The van der Waals surface area contributed by atoms with E-state index < -0.39 is 26.1 Å². The molecular formula is C45H56ClN3O6S2. The van der Waals surface area contributed by atoms with Crippen LogP contribution in [0.5, 0.6) is 17.2 Å². The number of aryl methyl sites for hydroxylation is 1. The van der Waals surface area contributed by atoms with Crippen molar-refractivity contribution in [3.8, 4) is 17.2 Å². The van der Waals surface area contributed by atoms with E-state index in [0.29, 0.717) is 36.9 Å². The molecule has 0 fully saturated rings. The highest BCUT2D eigenvalue weighted by Gasteiger charge is 2.42. The lowest BCUT2D eigenvalue weighted by Crippen LogP contribution is -2.46. The van der Waals surface area contributed by atoms with Gasteiger partial charge in [-0.1, -0.05) is 59.7 Å². The first kappa shape index (κ1) is 42.9. The monoisotopic (exact) mass is 833 g/mol. The minimum absolute atomic E-state index is 0.0960. The van der Waals surface area contributed by atoms with Gasteiger partial charge in [-0.25, -0.2) is 8.42 Å². The van der Waals surface area contributed by atoms with Gasteiger partial charge in [0.2, 0.25) is 10.0 Å². The van der Waals surface area contributed by atoms with Gasteiger partial charge in [0, 0.05) is 42.5 Å². The van der Waals surface area contributed by atoms with Gasteiger partial charge in [0.15, 0.2) is 0 Å². The fraction of sp³-hybridized carbons (Fsp3) is 0.444. The Kier molecular flexibility index (Phi) is 13.9. The lowest BCUT2D eigenvalue weighted by Gasteiger charge is -2.41. The molecule has 0 radical (unpaired) electrons. The zero-order chi connectivity index (χ0) is 40.8. The van der Waals surface area contributed by atoms with Crippen LogP contribution in [0.2, 0.25) is 5.02 Å². The number of rotatable bonds is 15. The van der Waals surface area contributed by atoms with E-state index in [1.54, 1.807) is 26.4 Å². The third kappa shape index (κ3) is 10.3. The van der Waals surface area contributed by atoms with Crippen molar-refractivity contribution >= 4 is 44.9 Å². The van der Waals surface area contributed by atoms with Crippen LogP contribution >= 0.6 is 11.6 Å². The van der Waals surface area contributed by atoms with E-state index >= 15 is 0 Å². The predicted octanol–water partition coefficient (Wildman–Crippen LogP) is 9.56. The number of benzene rings is 4. The van der Waals surface area contributed by atoms with Gasteiger partial charge < -0.3 is 23.7 Å². The van der Waals surface area contributed by atoms with Crippen molar-refractivity contribution in [2.24, 2.45) is 10.3 Å². The fourth-order valence-electron chi connectivity index (χ4n) is 7.82. The van der Waals surface area contributed by atoms with E-state index in [4.69, 9.17) is 25.8 Å². The van der Waals surface area contributed by atoms with E-state index in [0.717, 1.165) is 60.4 Å². The number of ether oxygens (including phenoxy) is 3. The van der Waals surface area contributed by atoms with Crippen LogP contribution in [0.4, 0.5) is 5.69 Å². The van der Waals surface area contributed by atoms with Crippen LogP contribution in [0.25, 0.3) is 0 Å². The van der Waals surface area contributed by atoms with E-state index in [1.807, 2.05) is 87.6 Å². The van der Waals surface area contributed by atoms with Gasteiger partial charge >= 0.3 is 0 Å². The maximum absolute atomic E-state index is 14.9. The molecule has 6 rings (SSSR count). The molecule has 0 saturated carbocycles. The number of nitrogens with zero attached hydrogens (tertiary/aromatic N) is 3. The van der Waals surface area contributed by atoms with Gasteiger partial charge in [0.1, 0.15) is 33.4 Å². The lowest BCUT2D eigenvalue weighted by atomic mass is 9.70. The van der Waals surface area contributed by atoms with Crippen LogP contribution < -0.4 is 19.1 Å². The maximum Gasteiger partial charge on any atom is 0.243 e. The summed E-state index contributed by atoms with van der Waals surface area (Å²) >= 11 is 5.14. The van der Waals surface area contributed by atoms with Crippen LogP contribution in [-0.4, -0.2) is 62.2 Å². The second kappa shape index (κ2) is 18.5. The highest BCUT2D eigenvalue weighted by Crippen LogP contribution is 2.45. The Bertz CT molecular complexity index is 2060. The minimum Gasteiger partial charge on any atom is -0.591 e. The van der Waals surface area contributed by atoms with Gasteiger partial charge in [-0.2, -0.15) is 4.31 Å². The van der Waals surface area contributed by atoms with E-state index in [9.17, 15) is 13.0 Å². The number of hydrogen-bond acceptors (Lipinski definition) is 8. The summed E-state index contributed by atoms with van der Waals surface area (Å²) < 4.78 is 65.7. The number of methoxy groups -OCH3 is 2. The molecule has 306 valence electrons. The molecule has 9 nitrogen and oxygen atoms in total. The highest BCUT2D eigenvalue weighted by atomic mass is 35.5. The van der Waals surface area contributed by atoms with Crippen LogP contribution in [-0.2, 0) is 46.3 Å². The molecule has 0 saturated heterocycles. The Balaban J connectivity index is 1.39. The third-order valence-electron chi connectivity index (χ3n) is 11.0. The van der Waals surface area contributed by atoms with Crippen molar-refractivity contribution in [2.45, 2.75) is 94.4 Å². The van der Waals surface area contributed by atoms with Crippen LogP contribution in [0.1, 0.15) is 82.1 Å². The topological polar surface area (TPSA) is 104 Å². The maximum atomic E-state index is 14.9. The molecular weight excluding hydrogens is 778 g/mol. The number of sulfonamides is 1. The van der Waals surface area contributed by atoms with Crippen molar-refractivity contribution in [1.29, 1.82) is 0 Å². The fourth-order valence-corrected chi connectivity index (χ4v) is 10.1. The first-order valence-corrected chi connectivity index (χ1v) is 22.7. The molecule has 4 aromatic rings. The molecule has 2 aliphatic rings. The minimum atomic E-state index is -4.04. The van der Waals surface area contributed by atoms with E-state index in [1.165, 1.54) is 15.4 Å². The van der Waals surface area contributed by atoms with Gasteiger partial charge in [-0.05, 0) is 130 Å². The number of halogens is 1. The Hall–Kier alpha value is -3.74. The Morgan fingerprint density at radius 3 is 2.21 bits per heavy atom. The molecule has 0 N–H and O–H groups in total. The molecule has 57 heavy (non-hydrogen) atoms. The summed E-state index contributed by atoms with van der Waals surface area (Å²) in [6, 6.07) is 26.4. The summed E-state index contributed by atoms with van der Waals surface area (Å²) in [4.78, 5) is 2.51. The van der Waals surface area contributed by atoms with E-state index in [-0.39, 0.29) is 29.3 Å². The Morgan fingerprint density at radius 2 is 1.61 bits per heavy atom. The first-order chi connectivity index (χ1) is 27.2. The second-order valence-electron chi connectivity index (χ2n) is 16.2. The summed E-state index contributed by atoms with van der Waals surface area (Å²) in [5.41, 5.74) is 4.56. The molecule has 1 unspecified atom stereocenters. The van der Waals surface area contributed by atoms with Gasteiger partial charge in [0.25, 0.3) is 0 Å². The average molecular weight is 835 g/mol. The zero-order valence-electron chi connectivity index (χ0n) is 34.0. The molecule has 1 aliphatic carbocycles. The quantitative estimate of drug-likeness (QED) is 0.0869. The summed E-state index contributed by atoms with van der Waals surface area (Å²) in [5.74, 6) is 2.15. The predicted molar refractivity (Wildman–Crippen MR) is 232 cm³/mol. The van der Waals surface area contributed by atoms with E-state index in [2.05, 4.69) is 28.4 Å². The Labute approximate surface area is 347 Å². The molecule has 4 aromatic carbocycles. The molecule has 1 heterocycles.